The number of nitrogens with one attached hydrogen (secondary N) is 1. The number of rotatable bonds is 7. The lowest BCUT2D eigenvalue weighted by Gasteiger charge is -2.12. The molecule has 0 aliphatic rings. The Labute approximate surface area is 195 Å². The molecular weight excluding hydrogens is 449 g/mol. The third kappa shape index (κ3) is 4.85. The van der Waals surface area contributed by atoms with Gasteiger partial charge in [0, 0.05) is 24.5 Å². The largest absolute Gasteiger partial charge is 0.492 e. The van der Waals surface area contributed by atoms with E-state index in [9.17, 15) is 4.79 Å². The molecule has 164 valence electrons. The first-order valence-electron chi connectivity index (χ1n) is 9.89. The second-order valence-corrected chi connectivity index (χ2v) is 8.19. The summed E-state index contributed by atoms with van der Waals surface area (Å²) in [5.41, 5.74) is 1.44. The minimum absolute atomic E-state index is 0.303. The Hall–Kier alpha value is -3.13. The number of hydrogen-bond donors (Lipinski definition) is 1. The number of benzene rings is 2. The molecule has 0 fully saturated rings. The molecular formula is C23H21Cl2N5O2. The summed E-state index contributed by atoms with van der Waals surface area (Å²) in [6, 6.07) is 14.4. The number of fused-ring (bicyclic) bond motifs is 1. The Morgan fingerprint density at radius 3 is 2.47 bits per heavy atom. The van der Waals surface area contributed by atoms with E-state index in [4.69, 9.17) is 27.9 Å². The summed E-state index contributed by atoms with van der Waals surface area (Å²) in [4.78, 5) is 23.8. The Balaban J connectivity index is 1.55. The lowest BCUT2D eigenvalue weighted by atomic mass is 10.2. The molecule has 2 aromatic carbocycles. The fourth-order valence-electron chi connectivity index (χ4n) is 3.09. The summed E-state index contributed by atoms with van der Waals surface area (Å²) in [6.45, 7) is 1.47. The van der Waals surface area contributed by atoms with Crippen molar-refractivity contribution in [1.82, 2.24) is 19.4 Å². The van der Waals surface area contributed by atoms with E-state index in [1.807, 2.05) is 38.4 Å². The molecule has 4 aromatic rings. The summed E-state index contributed by atoms with van der Waals surface area (Å²) >= 11 is 12.5. The molecule has 0 spiro atoms. The summed E-state index contributed by atoms with van der Waals surface area (Å²) in [5.74, 6) is 1.36. The van der Waals surface area contributed by atoms with E-state index in [0.717, 1.165) is 18.0 Å². The van der Waals surface area contributed by atoms with Gasteiger partial charge in [0.2, 0.25) is 0 Å². The van der Waals surface area contributed by atoms with Gasteiger partial charge in [-0.25, -0.2) is 9.97 Å². The van der Waals surface area contributed by atoms with Gasteiger partial charge in [-0.05, 0) is 50.5 Å². The molecule has 0 aliphatic carbocycles. The topological polar surface area (TPSA) is 72.3 Å². The van der Waals surface area contributed by atoms with E-state index < -0.39 is 0 Å². The van der Waals surface area contributed by atoms with Crippen molar-refractivity contribution >= 4 is 45.6 Å². The molecule has 0 atom stereocenters. The minimum Gasteiger partial charge on any atom is -0.492 e. The number of hydrogen-bond acceptors (Lipinski definition) is 6. The van der Waals surface area contributed by atoms with Crippen LogP contribution in [0.15, 0.2) is 65.8 Å². The normalized spacial score (nSPS) is 11.2. The van der Waals surface area contributed by atoms with Crippen molar-refractivity contribution in [1.29, 1.82) is 0 Å². The van der Waals surface area contributed by atoms with Crippen LogP contribution < -0.4 is 15.6 Å². The first-order valence-corrected chi connectivity index (χ1v) is 10.6. The predicted octanol–water partition coefficient (Wildman–Crippen LogP) is 4.77. The first kappa shape index (κ1) is 22.1. The van der Waals surface area contributed by atoms with Gasteiger partial charge >= 0.3 is 0 Å². The van der Waals surface area contributed by atoms with Crippen LogP contribution >= 0.6 is 23.2 Å². The molecule has 1 N–H and O–H groups in total. The molecule has 0 amide bonds. The maximum Gasteiger partial charge on any atom is 0.267 e. The van der Waals surface area contributed by atoms with E-state index in [1.54, 1.807) is 24.3 Å². The highest BCUT2D eigenvalue weighted by molar-refractivity contribution is 6.37. The maximum atomic E-state index is 13.0. The number of likely N-dealkylation sites (N-methyl/N-ethyl adjacent to an activating group) is 1. The standard InChI is InChI=1S/C23H21Cl2N5O2/c1-29(2)10-11-32-16-8-6-15(7-9-16)28-21-12-20-17(13-26-21)23(31)30(14-27-20)22-18(24)4-3-5-19(22)25/h3-9,12-14H,10-11H2,1-2H3,(H,26,28). The lowest BCUT2D eigenvalue weighted by Crippen LogP contribution is -2.19. The van der Waals surface area contributed by atoms with Crippen LogP contribution in [0.2, 0.25) is 10.0 Å². The van der Waals surface area contributed by atoms with Crippen LogP contribution in [-0.2, 0) is 0 Å². The van der Waals surface area contributed by atoms with Crippen LogP contribution in [0.4, 0.5) is 11.5 Å². The van der Waals surface area contributed by atoms with E-state index in [-0.39, 0.29) is 5.56 Å². The van der Waals surface area contributed by atoms with Crippen molar-refractivity contribution in [2.24, 2.45) is 0 Å². The number of para-hydroxylation sites is 1. The van der Waals surface area contributed by atoms with Crippen LogP contribution in [-0.4, -0.2) is 46.7 Å². The van der Waals surface area contributed by atoms with Crippen LogP contribution in [0.3, 0.4) is 0 Å². The Bertz CT molecular complexity index is 1290. The van der Waals surface area contributed by atoms with Gasteiger partial charge in [0.15, 0.2) is 0 Å². The average molecular weight is 470 g/mol. The number of anilines is 2. The molecule has 0 bridgehead atoms. The molecule has 0 unspecified atom stereocenters. The fraction of sp³-hybridized carbons (Fsp3) is 0.174. The number of nitrogens with zero attached hydrogens (tertiary/aromatic N) is 4. The predicted molar refractivity (Wildman–Crippen MR) is 129 cm³/mol. The number of ether oxygens (including phenoxy) is 1. The van der Waals surface area contributed by atoms with E-state index >= 15 is 0 Å². The maximum absolute atomic E-state index is 13.0. The zero-order valence-corrected chi connectivity index (χ0v) is 19.1. The molecule has 0 saturated heterocycles. The van der Waals surface area contributed by atoms with Crippen LogP contribution in [0.5, 0.6) is 5.75 Å². The summed E-state index contributed by atoms with van der Waals surface area (Å²) < 4.78 is 7.04. The highest BCUT2D eigenvalue weighted by Crippen LogP contribution is 2.27. The third-order valence-electron chi connectivity index (χ3n) is 4.76. The quantitative estimate of drug-likeness (QED) is 0.420. The van der Waals surface area contributed by atoms with Crippen molar-refractivity contribution in [2.45, 2.75) is 0 Å². The zero-order valence-electron chi connectivity index (χ0n) is 17.5. The van der Waals surface area contributed by atoms with Crippen molar-refractivity contribution < 1.29 is 4.74 Å². The van der Waals surface area contributed by atoms with Gasteiger partial charge in [0.05, 0.1) is 26.6 Å². The monoisotopic (exact) mass is 469 g/mol. The fourth-order valence-corrected chi connectivity index (χ4v) is 3.67. The average Bonchev–Trinajstić information content (AvgIpc) is 2.76. The Kier molecular flexibility index (Phi) is 6.60. The van der Waals surface area contributed by atoms with Crippen molar-refractivity contribution in [3.05, 3.63) is 81.5 Å². The molecule has 32 heavy (non-hydrogen) atoms. The van der Waals surface area contributed by atoms with Crippen LogP contribution in [0, 0.1) is 0 Å². The summed E-state index contributed by atoms with van der Waals surface area (Å²) in [5, 5.41) is 4.30. The number of aromatic nitrogens is 3. The van der Waals surface area contributed by atoms with Crippen molar-refractivity contribution in [3.63, 3.8) is 0 Å². The molecule has 2 aromatic heterocycles. The number of pyridine rings is 1. The second kappa shape index (κ2) is 9.56. The smallest absolute Gasteiger partial charge is 0.267 e. The van der Waals surface area contributed by atoms with E-state index in [1.165, 1.54) is 17.1 Å². The molecule has 2 heterocycles. The van der Waals surface area contributed by atoms with Gasteiger partial charge < -0.3 is 15.0 Å². The molecule has 4 rings (SSSR count). The second-order valence-electron chi connectivity index (χ2n) is 7.38. The number of halogens is 2. The molecule has 9 heteroatoms. The Morgan fingerprint density at radius 2 is 1.78 bits per heavy atom. The Morgan fingerprint density at radius 1 is 1.06 bits per heavy atom. The van der Waals surface area contributed by atoms with Crippen molar-refractivity contribution in [2.75, 3.05) is 32.6 Å². The zero-order chi connectivity index (χ0) is 22.7. The van der Waals surface area contributed by atoms with Gasteiger partial charge in [-0.1, -0.05) is 29.3 Å². The molecule has 0 radical (unpaired) electrons. The van der Waals surface area contributed by atoms with Gasteiger partial charge in [0.1, 0.15) is 24.5 Å². The van der Waals surface area contributed by atoms with E-state index in [0.29, 0.717) is 39.1 Å². The molecule has 0 aliphatic heterocycles. The summed E-state index contributed by atoms with van der Waals surface area (Å²) in [7, 11) is 4.01. The van der Waals surface area contributed by atoms with Crippen molar-refractivity contribution in [3.8, 4) is 11.4 Å². The summed E-state index contributed by atoms with van der Waals surface area (Å²) in [6.07, 6.45) is 2.91. The van der Waals surface area contributed by atoms with Gasteiger partial charge in [0.25, 0.3) is 5.56 Å². The highest BCUT2D eigenvalue weighted by atomic mass is 35.5. The molecule has 0 saturated carbocycles. The van der Waals surface area contributed by atoms with Crippen LogP contribution in [0.25, 0.3) is 16.6 Å². The first-order chi connectivity index (χ1) is 15.4. The van der Waals surface area contributed by atoms with Gasteiger partial charge in [-0.15, -0.1) is 0 Å². The highest BCUT2D eigenvalue weighted by Gasteiger charge is 2.13. The SMILES string of the molecule is CN(C)CCOc1ccc(Nc2cc3ncn(-c4c(Cl)cccc4Cl)c(=O)c3cn2)cc1. The third-order valence-corrected chi connectivity index (χ3v) is 5.37. The minimum atomic E-state index is -0.303. The lowest BCUT2D eigenvalue weighted by molar-refractivity contribution is 0.261. The molecule has 7 nitrogen and oxygen atoms in total. The van der Waals surface area contributed by atoms with Gasteiger partial charge in [-0.2, -0.15) is 0 Å². The van der Waals surface area contributed by atoms with Crippen LogP contribution in [0.1, 0.15) is 0 Å². The van der Waals surface area contributed by atoms with Gasteiger partial charge in [-0.3, -0.25) is 9.36 Å². The van der Waals surface area contributed by atoms with E-state index in [2.05, 4.69) is 20.2 Å².